The normalized spacial score (nSPS) is 13.5. The van der Waals surface area contributed by atoms with E-state index in [0.717, 1.165) is 55.6 Å². The fourth-order valence-corrected chi connectivity index (χ4v) is 9.69. The molecule has 0 saturated carbocycles. The van der Waals surface area contributed by atoms with Crippen LogP contribution in [0.5, 0.6) is 0 Å². The van der Waals surface area contributed by atoms with Gasteiger partial charge in [-0.15, -0.1) is 0 Å². The van der Waals surface area contributed by atoms with Gasteiger partial charge in [-0.2, -0.15) is 0 Å². The quantitative estimate of drug-likeness (QED) is 0.177. The number of furan rings is 1. The van der Waals surface area contributed by atoms with Gasteiger partial charge in [-0.3, -0.25) is 0 Å². The van der Waals surface area contributed by atoms with Crippen molar-refractivity contribution < 1.29 is 4.42 Å². The van der Waals surface area contributed by atoms with Crippen molar-refractivity contribution in [2.75, 3.05) is 10.2 Å². The number of para-hydroxylation sites is 3. The first-order valence-electron chi connectivity index (χ1n) is 20.4. The molecule has 0 saturated heterocycles. The van der Waals surface area contributed by atoms with Crippen LogP contribution in [-0.2, 0) is 5.41 Å². The number of nitrogens with one attached hydrogen (secondary N) is 1. The van der Waals surface area contributed by atoms with Crippen molar-refractivity contribution in [3.63, 3.8) is 0 Å². The molecule has 0 spiro atoms. The highest BCUT2D eigenvalue weighted by Gasteiger charge is 2.41. The number of benzene rings is 9. The average molecular weight is 754 g/mol. The molecule has 0 fully saturated rings. The van der Waals surface area contributed by atoms with Crippen molar-refractivity contribution in [1.82, 2.24) is 0 Å². The zero-order chi connectivity index (χ0) is 39.2. The molecule has 12 rings (SSSR count). The summed E-state index contributed by atoms with van der Waals surface area (Å²) in [7, 11) is 2.43. The number of fused-ring (bicyclic) bond motifs is 8. The molecule has 1 radical (unpaired) electrons. The Morgan fingerprint density at radius 2 is 1.17 bits per heavy atom. The lowest BCUT2D eigenvalue weighted by atomic mass is 9.55. The van der Waals surface area contributed by atoms with Crippen molar-refractivity contribution in [2.45, 2.75) is 19.3 Å². The van der Waals surface area contributed by atoms with E-state index < -0.39 is 0 Å². The first kappa shape index (κ1) is 33.8. The van der Waals surface area contributed by atoms with Gasteiger partial charge >= 0.3 is 0 Å². The second-order valence-corrected chi connectivity index (χ2v) is 16.4. The molecule has 0 atom stereocenters. The third kappa shape index (κ3) is 5.23. The Balaban J connectivity index is 1.14. The third-order valence-electron chi connectivity index (χ3n) is 12.6. The van der Waals surface area contributed by atoms with E-state index in [0.29, 0.717) is 0 Å². The van der Waals surface area contributed by atoms with Gasteiger partial charge in [0.1, 0.15) is 5.58 Å². The minimum Gasteiger partial charge on any atom is -0.454 e. The van der Waals surface area contributed by atoms with Crippen molar-refractivity contribution in [1.29, 1.82) is 0 Å². The van der Waals surface area contributed by atoms with Crippen LogP contribution in [0.25, 0.3) is 66.1 Å². The predicted molar refractivity (Wildman–Crippen MR) is 249 cm³/mol. The molecule has 2 aliphatic heterocycles. The molecule has 9 aromatic carbocycles. The summed E-state index contributed by atoms with van der Waals surface area (Å²) in [5.41, 5.74) is 19.1. The summed E-state index contributed by atoms with van der Waals surface area (Å²) >= 11 is 0. The molecule has 1 aromatic heterocycles. The second kappa shape index (κ2) is 12.9. The number of nitrogens with zero attached hydrogens (tertiary/aromatic N) is 1. The van der Waals surface area contributed by atoms with Gasteiger partial charge in [0.2, 0.25) is 0 Å². The monoisotopic (exact) mass is 753 g/mol. The lowest BCUT2D eigenvalue weighted by Gasteiger charge is -2.46. The van der Waals surface area contributed by atoms with Crippen LogP contribution in [0.2, 0.25) is 0 Å². The van der Waals surface area contributed by atoms with E-state index >= 15 is 0 Å². The van der Waals surface area contributed by atoms with Crippen LogP contribution in [0.1, 0.15) is 25.0 Å². The van der Waals surface area contributed by atoms with Crippen molar-refractivity contribution in [3.05, 3.63) is 199 Å². The van der Waals surface area contributed by atoms with E-state index in [9.17, 15) is 0 Å². The summed E-state index contributed by atoms with van der Waals surface area (Å²) < 4.78 is 6.55. The number of anilines is 5. The molecule has 0 amide bonds. The van der Waals surface area contributed by atoms with Crippen LogP contribution in [0.3, 0.4) is 0 Å². The molecule has 277 valence electrons. The highest BCUT2D eigenvalue weighted by molar-refractivity contribution is 6.73. The van der Waals surface area contributed by atoms with E-state index in [2.05, 4.69) is 207 Å². The van der Waals surface area contributed by atoms with Crippen LogP contribution in [0.15, 0.2) is 192 Å². The zero-order valence-electron chi connectivity index (χ0n) is 32.8. The number of hydrogen-bond donors (Lipinski definition) is 1. The Hall–Kier alpha value is -7.30. The lowest BCUT2D eigenvalue weighted by Crippen LogP contribution is -2.45. The molecule has 3 nitrogen and oxygen atoms in total. The van der Waals surface area contributed by atoms with Gasteiger partial charge in [0.05, 0.1) is 11.4 Å². The minimum atomic E-state index is -0.203. The molecule has 3 heterocycles. The third-order valence-corrected chi connectivity index (χ3v) is 12.6. The molecule has 0 aliphatic carbocycles. The van der Waals surface area contributed by atoms with E-state index in [1.54, 1.807) is 0 Å². The smallest absolute Gasteiger partial charge is 0.197 e. The van der Waals surface area contributed by atoms with E-state index in [1.165, 1.54) is 61.0 Å². The molecule has 10 aromatic rings. The van der Waals surface area contributed by atoms with Gasteiger partial charge in [0.15, 0.2) is 12.9 Å². The molecular formula is C55H38BN2O. The second-order valence-electron chi connectivity index (χ2n) is 16.4. The first-order chi connectivity index (χ1) is 29.0. The fourth-order valence-electron chi connectivity index (χ4n) is 9.69. The highest BCUT2D eigenvalue weighted by atomic mass is 16.3. The van der Waals surface area contributed by atoms with Crippen LogP contribution < -0.4 is 21.1 Å². The lowest BCUT2D eigenvalue weighted by molar-refractivity contribution is 0.633. The first-order valence-corrected chi connectivity index (χ1v) is 20.4. The zero-order valence-corrected chi connectivity index (χ0v) is 32.8. The average Bonchev–Trinajstić information content (AvgIpc) is 3.67. The molecule has 59 heavy (non-hydrogen) atoms. The van der Waals surface area contributed by atoms with Gasteiger partial charge in [0.25, 0.3) is 0 Å². The van der Waals surface area contributed by atoms with Crippen LogP contribution in [0.4, 0.5) is 28.4 Å². The largest absolute Gasteiger partial charge is 0.454 e. The highest BCUT2D eigenvalue weighted by Crippen LogP contribution is 2.54. The minimum absolute atomic E-state index is 0.203. The summed E-state index contributed by atoms with van der Waals surface area (Å²) in [6.07, 6.45) is 0. The number of rotatable bonds is 5. The van der Waals surface area contributed by atoms with Crippen molar-refractivity contribution >= 4 is 79.4 Å². The van der Waals surface area contributed by atoms with Crippen LogP contribution in [-0.4, -0.2) is 7.28 Å². The van der Waals surface area contributed by atoms with Crippen LogP contribution >= 0.6 is 0 Å². The molecular weight excluding hydrogens is 715 g/mol. The topological polar surface area (TPSA) is 28.4 Å². The Labute approximate surface area is 344 Å². The number of hydrogen-bond acceptors (Lipinski definition) is 3. The summed E-state index contributed by atoms with van der Waals surface area (Å²) in [4.78, 5) is 2.56. The molecule has 0 unspecified atom stereocenters. The van der Waals surface area contributed by atoms with Gasteiger partial charge in [0, 0.05) is 38.8 Å². The summed E-state index contributed by atoms with van der Waals surface area (Å²) in [6.45, 7) is 4.76. The SMILES string of the molecule is CC1(C)c2cc3ccccc3cc2N2c3cc(-c4ccccc4)cc(-c4cc(-c5ccccc5)ccc4Nc4cccc5c4oc4ccccc45)c3[B]c3cccc1c32. The molecule has 2 aliphatic rings. The Kier molecular flexibility index (Phi) is 7.37. The Bertz CT molecular complexity index is 3310. The van der Waals surface area contributed by atoms with Gasteiger partial charge < -0.3 is 14.6 Å². The Morgan fingerprint density at radius 1 is 0.492 bits per heavy atom. The van der Waals surface area contributed by atoms with Gasteiger partial charge in [-0.25, -0.2) is 0 Å². The van der Waals surface area contributed by atoms with Crippen LogP contribution in [0, 0.1) is 0 Å². The maximum Gasteiger partial charge on any atom is 0.197 e. The fraction of sp³-hybridized carbons (Fsp3) is 0.0545. The van der Waals surface area contributed by atoms with Crippen molar-refractivity contribution in [3.8, 4) is 33.4 Å². The van der Waals surface area contributed by atoms with Gasteiger partial charge in [-0.05, 0) is 104 Å². The molecule has 0 bridgehead atoms. The standard InChI is InChI=1S/C55H38BN2O/c1-55(2)44-23-14-24-46-53(44)58(49-32-37-20-10-9-19-36(37)31-45(49)55)50-33-39(35-17-7-4-8-18-35)30-43(52(50)56-46)42-29-38(34-15-5-3-6-16-34)27-28-47(42)57-48-25-13-22-41-40-21-11-12-26-51(40)59-54(41)48/h3-33,57H,1-2H3. The van der Waals surface area contributed by atoms with E-state index in [4.69, 9.17) is 4.42 Å². The summed E-state index contributed by atoms with van der Waals surface area (Å²) in [6, 6.07) is 68.2. The summed E-state index contributed by atoms with van der Waals surface area (Å²) in [5.74, 6) is 0. The summed E-state index contributed by atoms with van der Waals surface area (Å²) in [5, 5.41) is 8.61. The molecule has 1 N–H and O–H groups in total. The van der Waals surface area contributed by atoms with Crippen molar-refractivity contribution in [2.24, 2.45) is 0 Å². The maximum atomic E-state index is 6.55. The molecule has 4 heteroatoms. The van der Waals surface area contributed by atoms with E-state index in [-0.39, 0.29) is 5.41 Å². The maximum absolute atomic E-state index is 6.55. The van der Waals surface area contributed by atoms with E-state index in [1.807, 2.05) is 12.1 Å². The Morgan fingerprint density at radius 3 is 1.98 bits per heavy atom. The van der Waals surface area contributed by atoms with Gasteiger partial charge in [-0.1, -0.05) is 159 Å². The predicted octanol–water partition coefficient (Wildman–Crippen LogP) is 13.6.